The molecule has 5 fully saturated rings. The molecule has 5 saturated carbocycles. The third-order valence-electron chi connectivity index (χ3n) is 8.69. The number of nitrogens with one attached hydrogen (secondary N) is 2. The predicted molar refractivity (Wildman–Crippen MR) is 122 cm³/mol. The molecule has 166 valence electrons. The highest BCUT2D eigenvalue weighted by molar-refractivity contribution is 5.92. The predicted octanol–water partition coefficient (Wildman–Crippen LogP) is 4.70. The molecule has 0 aliphatic heterocycles. The molecule has 5 aliphatic rings. The van der Waals surface area contributed by atoms with Gasteiger partial charge < -0.3 is 10.6 Å². The number of hydrogen-bond acceptors (Lipinski definition) is 3. The van der Waals surface area contributed by atoms with Crippen molar-refractivity contribution in [2.75, 3.05) is 6.54 Å². The molecule has 4 bridgehead atoms. The van der Waals surface area contributed by atoms with Crippen molar-refractivity contribution in [3.8, 4) is 0 Å². The van der Waals surface area contributed by atoms with Crippen molar-refractivity contribution in [1.29, 1.82) is 0 Å². The van der Waals surface area contributed by atoms with E-state index in [1.165, 1.54) is 70.6 Å². The number of carbonyl (C=O) groups is 1. The van der Waals surface area contributed by atoms with Gasteiger partial charge in [0.05, 0.1) is 11.2 Å². The fraction of sp³-hybridized carbons (Fsp3) is 0.692. The van der Waals surface area contributed by atoms with Gasteiger partial charge in [-0.2, -0.15) is 0 Å². The number of imidazole rings is 1. The Labute approximate surface area is 185 Å². The average Bonchev–Trinajstić information content (AvgIpc) is 3.12. The first kappa shape index (κ1) is 19.8. The van der Waals surface area contributed by atoms with Gasteiger partial charge in [0.25, 0.3) is 5.91 Å². The van der Waals surface area contributed by atoms with Crippen LogP contribution in [0.5, 0.6) is 0 Å². The lowest BCUT2D eigenvalue weighted by Gasteiger charge is -2.56. The maximum absolute atomic E-state index is 13.5. The Kier molecular flexibility index (Phi) is 5.05. The standard InChI is InChI=1S/C26H36N4O/c31-25(29-26-13-19-10-20(14-26)12-21(11-19)15-26)24-28-22(23-8-4-5-9-30(23)24)17-27-16-18-6-2-1-3-7-18/h4-5,8-9,18-21,27H,1-3,6-7,10-17H2,(H,29,31). The molecule has 2 aromatic rings. The molecule has 7 rings (SSSR count). The van der Waals surface area contributed by atoms with Crippen molar-refractivity contribution in [3.05, 3.63) is 35.9 Å². The van der Waals surface area contributed by atoms with E-state index in [0.29, 0.717) is 5.82 Å². The maximum atomic E-state index is 13.5. The van der Waals surface area contributed by atoms with E-state index in [-0.39, 0.29) is 11.4 Å². The molecule has 5 heteroatoms. The Morgan fingerprint density at radius 2 is 1.74 bits per heavy atom. The van der Waals surface area contributed by atoms with Crippen LogP contribution in [0.3, 0.4) is 0 Å². The van der Waals surface area contributed by atoms with Crippen molar-refractivity contribution < 1.29 is 4.79 Å². The van der Waals surface area contributed by atoms with Gasteiger partial charge in [0.15, 0.2) is 0 Å². The van der Waals surface area contributed by atoms with Crippen LogP contribution >= 0.6 is 0 Å². The van der Waals surface area contributed by atoms with E-state index in [1.807, 2.05) is 22.7 Å². The van der Waals surface area contributed by atoms with E-state index in [9.17, 15) is 4.79 Å². The minimum absolute atomic E-state index is 0.0154. The van der Waals surface area contributed by atoms with Crippen LogP contribution < -0.4 is 10.6 Å². The molecule has 2 N–H and O–H groups in total. The summed E-state index contributed by atoms with van der Waals surface area (Å²) in [6, 6.07) is 6.13. The number of hydrogen-bond donors (Lipinski definition) is 2. The third-order valence-corrected chi connectivity index (χ3v) is 8.69. The second-order valence-corrected chi connectivity index (χ2v) is 11.1. The second kappa shape index (κ2) is 7.91. The summed E-state index contributed by atoms with van der Waals surface area (Å²) in [6.45, 7) is 1.79. The Balaban J connectivity index is 1.19. The quantitative estimate of drug-likeness (QED) is 0.712. The highest BCUT2D eigenvalue weighted by Gasteiger charge is 2.51. The molecule has 0 radical (unpaired) electrons. The van der Waals surface area contributed by atoms with Gasteiger partial charge in [-0.3, -0.25) is 9.20 Å². The van der Waals surface area contributed by atoms with Crippen molar-refractivity contribution in [2.24, 2.45) is 23.7 Å². The van der Waals surface area contributed by atoms with Crippen molar-refractivity contribution >= 4 is 11.4 Å². The van der Waals surface area contributed by atoms with E-state index < -0.39 is 0 Å². The number of nitrogens with zero attached hydrogens (tertiary/aromatic N) is 2. The van der Waals surface area contributed by atoms with E-state index in [0.717, 1.165) is 48.0 Å². The topological polar surface area (TPSA) is 58.4 Å². The van der Waals surface area contributed by atoms with Crippen molar-refractivity contribution in [3.63, 3.8) is 0 Å². The van der Waals surface area contributed by atoms with E-state index in [1.54, 1.807) is 0 Å². The molecule has 0 unspecified atom stereocenters. The highest BCUT2D eigenvalue weighted by Crippen LogP contribution is 2.55. The zero-order valence-corrected chi connectivity index (χ0v) is 18.6. The van der Waals surface area contributed by atoms with Crippen LogP contribution in [-0.4, -0.2) is 27.4 Å². The number of carbonyl (C=O) groups excluding carboxylic acids is 1. The molecular weight excluding hydrogens is 384 g/mol. The summed E-state index contributed by atoms with van der Waals surface area (Å²) >= 11 is 0. The van der Waals surface area contributed by atoms with Crippen LogP contribution in [0.4, 0.5) is 0 Å². The monoisotopic (exact) mass is 420 g/mol. The summed E-state index contributed by atoms with van der Waals surface area (Å²) in [7, 11) is 0. The molecular formula is C26H36N4O. The Bertz CT molecular complexity index is 922. The fourth-order valence-electron chi connectivity index (χ4n) is 7.74. The minimum Gasteiger partial charge on any atom is -0.344 e. The molecule has 0 aromatic carbocycles. The van der Waals surface area contributed by atoms with Crippen LogP contribution in [0.25, 0.3) is 5.52 Å². The molecule has 1 amide bonds. The number of amides is 1. The third kappa shape index (κ3) is 3.79. The van der Waals surface area contributed by atoms with Gasteiger partial charge in [0.1, 0.15) is 0 Å². The zero-order chi connectivity index (χ0) is 20.8. The van der Waals surface area contributed by atoms with Gasteiger partial charge in [-0.25, -0.2) is 4.98 Å². The van der Waals surface area contributed by atoms with Crippen LogP contribution in [-0.2, 0) is 6.54 Å². The fourth-order valence-corrected chi connectivity index (χ4v) is 7.74. The van der Waals surface area contributed by atoms with Gasteiger partial charge in [0, 0.05) is 18.3 Å². The molecule has 2 heterocycles. The summed E-state index contributed by atoms with van der Waals surface area (Å²) in [5.41, 5.74) is 2.06. The molecule has 5 nitrogen and oxygen atoms in total. The lowest BCUT2D eigenvalue weighted by Crippen LogP contribution is -2.60. The van der Waals surface area contributed by atoms with Crippen molar-refractivity contribution in [1.82, 2.24) is 20.0 Å². The number of pyridine rings is 1. The van der Waals surface area contributed by atoms with Crippen LogP contribution in [0.1, 0.15) is 86.9 Å². The van der Waals surface area contributed by atoms with Gasteiger partial charge in [-0.05, 0) is 93.7 Å². The largest absolute Gasteiger partial charge is 0.344 e. The first-order valence-corrected chi connectivity index (χ1v) is 12.7. The van der Waals surface area contributed by atoms with Crippen LogP contribution in [0.2, 0.25) is 0 Å². The summed E-state index contributed by atoms with van der Waals surface area (Å²) in [6.07, 6.45) is 16.5. The first-order valence-electron chi connectivity index (χ1n) is 12.7. The maximum Gasteiger partial charge on any atom is 0.288 e. The summed E-state index contributed by atoms with van der Waals surface area (Å²) in [5, 5.41) is 7.15. The first-order chi connectivity index (χ1) is 15.2. The second-order valence-electron chi connectivity index (χ2n) is 11.1. The van der Waals surface area contributed by atoms with Crippen LogP contribution in [0, 0.1) is 23.7 Å². The molecule has 2 aromatic heterocycles. The smallest absolute Gasteiger partial charge is 0.288 e. The zero-order valence-electron chi connectivity index (χ0n) is 18.6. The molecule has 31 heavy (non-hydrogen) atoms. The molecule has 0 saturated heterocycles. The van der Waals surface area contributed by atoms with Gasteiger partial charge >= 0.3 is 0 Å². The summed E-state index contributed by atoms with van der Waals surface area (Å²) < 4.78 is 1.99. The van der Waals surface area contributed by atoms with Crippen LogP contribution in [0.15, 0.2) is 24.4 Å². The minimum atomic E-state index is 0.0154. The number of aromatic nitrogens is 2. The molecule has 0 atom stereocenters. The normalized spacial score (nSPS) is 32.6. The van der Waals surface area contributed by atoms with E-state index in [2.05, 4.69) is 16.7 Å². The Morgan fingerprint density at radius 1 is 1.03 bits per heavy atom. The van der Waals surface area contributed by atoms with Gasteiger partial charge in [-0.15, -0.1) is 0 Å². The lowest BCUT2D eigenvalue weighted by atomic mass is 9.53. The Hall–Kier alpha value is -1.88. The number of fused-ring (bicyclic) bond motifs is 1. The average molecular weight is 421 g/mol. The summed E-state index contributed by atoms with van der Waals surface area (Å²) in [5.74, 6) is 3.83. The van der Waals surface area contributed by atoms with Gasteiger partial charge in [0.2, 0.25) is 5.82 Å². The molecule has 5 aliphatic carbocycles. The highest BCUT2D eigenvalue weighted by atomic mass is 16.2. The molecule has 0 spiro atoms. The van der Waals surface area contributed by atoms with Gasteiger partial charge in [-0.1, -0.05) is 25.3 Å². The SMILES string of the molecule is O=C(NC12CC3CC(CC(C3)C1)C2)c1nc(CNCC2CCCCC2)c2ccccn12. The Morgan fingerprint density at radius 3 is 2.45 bits per heavy atom. The van der Waals surface area contributed by atoms with E-state index in [4.69, 9.17) is 4.98 Å². The van der Waals surface area contributed by atoms with E-state index >= 15 is 0 Å². The summed E-state index contributed by atoms with van der Waals surface area (Å²) in [4.78, 5) is 18.3. The number of rotatable bonds is 6. The lowest BCUT2D eigenvalue weighted by molar-refractivity contribution is -0.0169. The van der Waals surface area contributed by atoms with Crippen molar-refractivity contribution in [2.45, 2.75) is 82.7 Å².